The molecule has 5 heteroatoms. The summed E-state index contributed by atoms with van der Waals surface area (Å²) in [6.07, 6.45) is 6.29. The molecule has 5 nitrogen and oxygen atoms in total. The van der Waals surface area contributed by atoms with Gasteiger partial charge in [0.15, 0.2) is 0 Å². The fraction of sp³-hybridized carbons (Fsp3) is 0.419. The third kappa shape index (κ3) is 6.33. The van der Waals surface area contributed by atoms with Gasteiger partial charge in [0.2, 0.25) is 0 Å². The Bertz CT molecular complexity index is 1080. The molecule has 190 valence electrons. The Morgan fingerprint density at radius 1 is 0.806 bits per heavy atom. The van der Waals surface area contributed by atoms with Crippen molar-refractivity contribution in [2.75, 3.05) is 44.9 Å². The van der Waals surface area contributed by atoms with E-state index in [0.717, 1.165) is 49.1 Å². The largest absolute Gasteiger partial charge is 0.497 e. The van der Waals surface area contributed by atoms with Gasteiger partial charge in [0.1, 0.15) is 30.5 Å². The smallest absolute Gasteiger partial charge is 0.142 e. The van der Waals surface area contributed by atoms with Gasteiger partial charge in [-0.3, -0.25) is 4.90 Å². The second-order valence-electron chi connectivity index (χ2n) is 9.86. The predicted octanol–water partition coefficient (Wildman–Crippen LogP) is 5.96. The number of methoxy groups -OCH3 is 1. The molecule has 0 amide bonds. The lowest BCUT2D eigenvalue weighted by molar-refractivity contribution is 0.214. The van der Waals surface area contributed by atoms with E-state index < -0.39 is 0 Å². The first-order chi connectivity index (χ1) is 17.8. The Morgan fingerprint density at radius 3 is 2.25 bits per heavy atom. The molecule has 0 N–H and O–H groups in total. The van der Waals surface area contributed by atoms with Crippen LogP contribution >= 0.6 is 0 Å². The summed E-state index contributed by atoms with van der Waals surface area (Å²) in [6, 6.07) is 25.6. The molecule has 3 aromatic carbocycles. The van der Waals surface area contributed by atoms with Gasteiger partial charge in [0, 0.05) is 13.1 Å². The zero-order chi connectivity index (χ0) is 24.6. The molecule has 5 rings (SSSR count). The summed E-state index contributed by atoms with van der Waals surface area (Å²) < 4.78 is 17.6. The van der Waals surface area contributed by atoms with Gasteiger partial charge in [-0.25, -0.2) is 0 Å². The fourth-order valence-corrected chi connectivity index (χ4v) is 5.25. The van der Waals surface area contributed by atoms with Crippen LogP contribution in [0, 0.1) is 0 Å². The van der Waals surface area contributed by atoms with E-state index in [-0.39, 0.29) is 6.04 Å². The minimum absolute atomic E-state index is 0.248. The topological polar surface area (TPSA) is 34.2 Å². The molecule has 3 aromatic rings. The highest BCUT2D eigenvalue weighted by Crippen LogP contribution is 2.36. The van der Waals surface area contributed by atoms with Crippen LogP contribution in [0.5, 0.6) is 17.2 Å². The molecule has 0 aliphatic carbocycles. The highest BCUT2D eigenvalue weighted by atomic mass is 16.5. The third-order valence-electron chi connectivity index (χ3n) is 7.33. The van der Waals surface area contributed by atoms with E-state index in [1.165, 1.54) is 49.9 Å². The summed E-state index contributed by atoms with van der Waals surface area (Å²) in [5, 5.41) is 0. The molecule has 0 bridgehead atoms. The molecule has 2 aliphatic rings. The lowest BCUT2D eigenvalue weighted by Crippen LogP contribution is -2.44. The van der Waals surface area contributed by atoms with Crippen LogP contribution in [-0.2, 0) is 13.0 Å². The molecular formula is C31H38N2O3. The SMILES string of the molecule is COc1ccc(C[C@H]2COc3ccccc3N2Cc2ccc(OCCN3CCCCCC3)cc2)cc1. The Kier molecular flexibility index (Phi) is 8.29. The zero-order valence-corrected chi connectivity index (χ0v) is 21.4. The first-order valence-corrected chi connectivity index (χ1v) is 13.3. The lowest BCUT2D eigenvalue weighted by Gasteiger charge is -2.39. The molecule has 0 saturated carbocycles. The van der Waals surface area contributed by atoms with Crippen LogP contribution in [0.3, 0.4) is 0 Å². The van der Waals surface area contributed by atoms with E-state index in [9.17, 15) is 0 Å². The number of anilines is 1. The van der Waals surface area contributed by atoms with E-state index in [4.69, 9.17) is 14.2 Å². The molecule has 36 heavy (non-hydrogen) atoms. The fourth-order valence-electron chi connectivity index (χ4n) is 5.25. The summed E-state index contributed by atoms with van der Waals surface area (Å²) in [5.74, 6) is 2.79. The number of fused-ring (bicyclic) bond motifs is 1. The van der Waals surface area contributed by atoms with Crippen LogP contribution in [0.2, 0.25) is 0 Å². The van der Waals surface area contributed by atoms with E-state index in [0.29, 0.717) is 6.61 Å². The van der Waals surface area contributed by atoms with Crippen molar-refractivity contribution in [1.29, 1.82) is 0 Å². The molecule has 1 fully saturated rings. The van der Waals surface area contributed by atoms with Crippen molar-refractivity contribution >= 4 is 5.69 Å². The van der Waals surface area contributed by atoms with Crippen LogP contribution in [-0.4, -0.2) is 50.9 Å². The van der Waals surface area contributed by atoms with Crippen molar-refractivity contribution in [3.63, 3.8) is 0 Å². The lowest BCUT2D eigenvalue weighted by atomic mass is 10.0. The number of hydrogen-bond donors (Lipinski definition) is 0. The van der Waals surface area contributed by atoms with Crippen molar-refractivity contribution in [1.82, 2.24) is 4.90 Å². The zero-order valence-electron chi connectivity index (χ0n) is 21.4. The van der Waals surface area contributed by atoms with Crippen LogP contribution < -0.4 is 19.1 Å². The van der Waals surface area contributed by atoms with Gasteiger partial charge >= 0.3 is 0 Å². The van der Waals surface area contributed by atoms with Gasteiger partial charge < -0.3 is 19.1 Å². The average molecular weight is 487 g/mol. The van der Waals surface area contributed by atoms with E-state index in [1.54, 1.807) is 7.11 Å². The van der Waals surface area contributed by atoms with Gasteiger partial charge in [-0.1, -0.05) is 49.2 Å². The van der Waals surface area contributed by atoms with Gasteiger partial charge in [0.05, 0.1) is 18.8 Å². The molecule has 0 radical (unpaired) electrons. The van der Waals surface area contributed by atoms with Gasteiger partial charge in [-0.05, 0) is 79.9 Å². The number of para-hydroxylation sites is 2. The number of benzene rings is 3. The van der Waals surface area contributed by atoms with Gasteiger partial charge in [-0.2, -0.15) is 0 Å². The quantitative estimate of drug-likeness (QED) is 0.373. The Labute approximate surface area is 215 Å². The number of rotatable bonds is 9. The van der Waals surface area contributed by atoms with Crippen molar-refractivity contribution in [3.8, 4) is 17.2 Å². The average Bonchev–Trinajstić information content (AvgIpc) is 3.20. The maximum Gasteiger partial charge on any atom is 0.142 e. The van der Waals surface area contributed by atoms with Crippen LogP contribution in [0.25, 0.3) is 0 Å². The van der Waals surface area contributed by atoms with Gasteiger partial charge in [-0.15, -0.1) is 0 Å². The highest BCUT2D eigenvalue weighted by Gasteiger charge is 2.27. The normalized spacial score (nSPS) is 18.1. The predicted molar refractivity (Wildman–Crippen MR) is 145 cm³/mol. The molecule has 0 aromatic heterocycles. The second kappa shape index (κ2) is 12.2. The molecule has 2 aliphatic heterocycles. The second-order valence-corrected chi connectivity index (χ2v) is 9.86. The van der Waals surface area contributed by atoms with Crippen molar-refractivity contribution < 1.29 is 14.2 Å². The van der Waals surface area contributed by atoms with Crippen molar-refractivity contribution in [2.24, 2.45) is 0 Å². The van der Waals surface area contributed by atoms with Crippen LogP contribution in [0.1, 0.15) is 36.8 Å². The monoisotopic (exact) mass is 486 g/mol. The standard InChI is InChI=1S/C31H38N2O3/c1-34-28-14-10-25(11-15-28)22-27-24-36-31-9-5-4-8-30(31)33(27)23-26-12-16-29(17-13-26)35-21-20-32-18-6-2-3-7-19-32/h4-5,8-17,27H,2-3,6-7,18-24H2,1H3/t27-/m0/s1. The van der Waals surface area contributed by atoms with E-state index in [2.05, 4.69) is 64.4 Å². The molecule has 0 spiro atoms. The van der Waals surface area contributed by atoms with E-state index in [1.807, 2.05) is 18.2 Å². The summed E-state index contributed by atoms with van der Waals surface area (Å²) in [6.45, 7) is 5.68. The summed E-state index contributed by atoms with van der Waals surface area (Å²) in [7, 11) is 1.70. The molecular weight excluding hydrogens is 448 g/mol. The Balaban J connectivity index is 1.23. The molecule has 1 saturated heterocycles. The molecule has 1 atom stereocenters. The number of hydrogen-bond acceptors (Lipinski definition) is 5. The summed E-state index contributed by atoms with van der Waals surface area (Å²) in [5.41, 5.74) is 3.70. The van der Waals surface area contributed by atoms with Crippen molar-refractivity contribution in [3.05, 3.63) is 83.9 Å². The van der Waals surface area contributed by atoms with Crippen LogP contribution in [0.4, 0.5) is 5.69 Å². The third-order valence-corrected chi connectivity index (χ3v) is 7.33. The number of nitrogens with zero attached hydrogens (tertiary/aromatic N) is 2. The highest BCUT2D eigenvalue weighted by molar-refractivity contribution is 5.61. The Hall–Kier alpha value is -3.18. The van der Waals surface area contributed by atoms with Crippen LogP contribution in [0.15, 0.2) is 72.8 Å². The molecule has 0 unspecified atom stereocenters. The first kappa shape index (κ1) is 24.5. The number of ether oxygens (including phenoxy) is 3. The van der Waals surface area contributed by atoms with E-state index >= 15 is 0 Å². The minimum Gasteiger partial charge on any atom is -0.497 e. The maximum absolute atomic E-state index is 6.15. The first-order valence-electron chi connectivity index (χ1n) is 13.3. The number of likely N-dealkylation sites (tertiary alicyclic amines) is 1. The molecule has 2 heterocycles. The maximum atomic E-state index is 6.15. The van der Waals surface area contributed by atoms with Crippen molar-refractivity contribution in [2.45, 2.75) is 44.7 Å². The summed E-state index contributed by atoms with van der Waals surface area (Å²) >= 11 is 0. The Morgan fingerprint density at radius 2 is 1.50 bits per heavy atom. The minimum atomic E-state index is 0.248. The van der Waals surface area contributed by atoms with Gasteiger partial charge in [0.25, 0.3) is 0 Å². The summed E-state index contributed by atoms with van der Waals surface area (Å²) in [4.78, 5) is 5.03.